The SMILES string of the molecule is C[C@H](NCc1ccc2c(c1)OCCO2)C(=O)O. The summed E-state index contributed by atoms with van der Waals surface area (Å²) in [5, 5.41) is 11.7. The van der Waals surface area contributed by atoms with Crippen LogP contribution < -0.4 is 14.8 Å². The molecule has 92 valence electrons. The summed E-state index contributed by atoms with van der Waals surface area (Å²) in [5.41, 5.74) is 0.974. The molecule has 2 rings (SSSR count). The van der Waals surface area contributed by atoms with Crippen molar-refractivity contribution in [2.24, 2.45) is 0 Å². The second-order valence-electron chi connectivity index (χ2n) is 3.92. The molecule has 0 aliphatic carbocycles. The van der Waals surface area contributed by atoms with Gasteiger partial charge in [0.05, 0.1) is 0 Å². The molecule has 0 aromatic heterocycles. The fourth-order valence-electron chi connectivity index (χ4n) is 1.56. The third-order valence-electron chi connectivity index (χ3n) is 2.59. The minimum absolute atomic E-state index is 0.490. The number of rotatable bonds is 4. The maximum atomic E-state index is 10.6. The Kier molecular flexibility index (Phi) is 3.49. The van der Waals surface area contributed by atoms with Gasteiger partial charge in [-0.2, -0.15) is 0 Å². The first-order chi connectivity index (χ1) is 8.16. The maximum Gasteiger partial charge on any atom is 0.320 e. The molecular weight excluding hydrogens is 222 g/mol. The second-order valence-corrected chi connectivity index (χ2v) is 3.92. The van der Waals surface area contributed by atoms with Crippen LogP contribution in [0.5, 0.6) is 11.5 Å². The number of carbonyl (C=O) groups is 1. The summed E-state index contributed by atoms with van der Waals surface area (Å²) in [6.07, 6.45) is 0. The van der Waals surface area contributed by atoms with Gasteiger partial charge in [0.1, 0.15) is 19.3 Å². The highest BCUT2D eigenvalue weighted by Crippen LogP contribution is 2.30. The van der Waals surface area contributed by atoms with Crippen LogP contribution >= 0.6 is 0 Å². The molecule has 17 heavy (non-hydrogen) atoms. The molecule has 0 radical (unpaired) electrons. The lowest BCUT2D eigenvalue weighted by Gasteiger charge is -2.19. The zero-order valence-corrected chi connectivity index (χ0v) is 9.60. The van der Waals surface area contributed by atoms with Crippen LogP contribution in [0.3, 0.4) is 0 Å². The molecule has 1 heterocycles. The van der Waals surface area contributed by atoms with E-state index in [-0.39, 0.29) is 0 Å². The van der Waals surface area contributed by atoms with E-state index in [1.165, 1.54) is 0 Å². The van der Waals surface area contributed by atoms with Crippen molar-refractivity contribution in [3.8, 4) is 11.5 Å². The van der Waals surface area contributed by atoms with Crippen molar-refractivity contribution in [3.05, 3.63) is 23.8 Å². The lowest BCUT2D eigenvalue weighted by atomic mass is 10.2. The average molecular weight is 237 g/mol. The van der Waals surface area contributed by atoms with E-state index < -0.39 is 12.0 Å². The van der Waals surface area contributed by atoms with Crippen molar-refractivity contribution in [3.63, 3.8) is 0 Å². The molecule has 5 nitrogen and oxygen atoms in total. The highest BCUT2D eigenvalue weighted by atomic mass is 16.6. The van der Waals surface area contributed by atoms with E-state index in [4.69, 9.17) is 14.6 Å². The van der Waals surface area contributed by atoms with Gasteiger partial charge in [0, 0.05) is 6.54 Å². The Labute approximate surface area is 99.3 Å². The van der Waals surface area contributed by atoms with Gasteiger partial charge < -0.3 is 19.9 Å². The third-order valence-corrected chi connectivity index (χ3v) is 2.59. The first-order valence-corrected chi connectivity index (χ1v) is 5.51. The van der Waals surface area contributed by atoms with E-state index >= 15 is 0 Å². The molecule has 2 N–H and O–H groups in total. The van der Waals surface area contributed by atoms with Gasteiger partial charge in [0.25, 0.3) is 0 Å². The van der Waals surface area contributed by atoms with Gasteiger partial charge in [-0.05, 0) is 24.6 Å². The Balaban J connectivity index is 2.00. The summed E-state index contributed by atoms with van der Waals surface area (Å²) < 4.78 is 10.9. The standard InChI is InChI=1S/C12H15NO4/c1-8(12(14)15)13-7-9-2-3-10-11(6-9)17-5-4-16-10/h2-3,6,8,13H,4-5,7H2,1H3,(H,14,15)/t8-/m0/s1. The van der Waals surface area contributed by atoms with E-state index in [1.807, 2.05) is 18.2 Å². The Bertz CT molecular complexity index is 419. The molecular formula is C12H15NO4. The third kappa shape index (κ3) is 2.88. The van der Waals surface area contributed by atoms with E-state index in [9.17, 15) is 4.79 Å². The molecule has 0 bridgehead atoms. The van der Waals surface area contributed by atoms with Crippen LogP contribution in [0.15, 0.2) is 18.2 Å². The quantitative estimate of drug-likeness (QED) is 0.818. The largest absolute Gasteiger partial charge is 0.486 e. The van der Waals surface area contributed by atoms with Crippen molar-refractivity contribution >= 4 is 5.97 Å². The molecule has 0 unspecified atom stereocenters. The molecule has 1 atom stereocenters. The summed E-state index contributed by atoms with van der Waals surface area (Å²) >= 11 is 0. The molecule has 0 fully saturated rings. The van der Waals surface area contributed by atoms with Gasteiger partial charge in [-0.25, -0.2) is 0 Å². The molecule has 1 aliphatic heterocycles. The van der Waals surface area contributed by atoms with Gasteiger partial charge in [-0.15, -0.1) is 0 Å². The van der Waals surface area contributed by atoms with E-state index in [1.54, 1.807) is 6.92 Å². The summed E-state index contributed by atoms with van der Waals surface area (Å²) in [6.45, 7) is 3.22. The number of carboxylic acid groups (broad SMARTS) is 1. The molecule has 0 spiro atoms. The summed E-state index contributed by atoms with van der Waals surface area (Å²) in [6, 6.07) is 5.05. The van der Waals surface area contributed by atoms with E-state index in [0.717, 1.165) is 17.1 Å². The summed E-state index contributed by atoms with van der Waals surface area (Å²) in [4.78, 5) is 10.6. The second kappa shape index (κ2) is 5.05. The number of aliphatic carboxylic acids is 1. The lowest BCUT2D eigenvalue weighted by molar-refractivity contribution is -0.139. The number of nitrogens with one attached hydrogen (secondary N) is 1. The molecule has 1 aromatic carbocycles. The topological polar surface area (TPSA) is 67.8 Å². The number of hydrogen-bond donors (Lipinski definition) is 2. The first-order valence-electron chi connectivity index (χ1n) is 5.51. The van der Waals surface area contributed by atoms with Crippen molar-refractivity contribution in [1.29, 1.82) is 0 Å². The summed E-state index contributed by atoms with van der Waals surface area (Å²) in [5.74, 6) is 0.604. The Morgan fingerprint density at radius 3 is 2.82 bits per heavy atom. The zero-order valence-electron chi connectivity index (χ0n) is 9.60. The molecule has 5 heteroatoms. The van der Waals surface area contributed by atoms with Crippen molar-refractivity contribution in [1.82, 2.24) is 5.32 Å². The Morgan fingerprint density at radius 1 is 1.41 bits per heavy atom. The number of ether oxygens (including phenoxy) is 2. The first kappa shape index (κ1) is 11.7. The summed E-state index contributed by atoms with van der Waals surface area (Å²) in [7, 11) is 0. The Hall–Kier alpha value is -1.75. The fraction of sp³-hybridized carbons (Fsp3) is 0.417. The minimum atomic E-state index is -0.859. The highest BCUT2D eigenvalue weighted by molar-refractivity contribution is 5.72. The predicted octanol–water partition coefficient (Wildman–Crippen LogP) is 1.02. The van der Waals surface area contributed by atoms with Crippen LogP contribution in [-0.2, 0) is 11.3 Å². The van der Waals surface area contributed by atoms with Crippen LogP contribution in [0.25, 0.3) is 0 Å². The predicted molar refractivity (Wildman–Crippen MR) is 61.4 cm³/mol. The van der Waals surface area contributed by atoms with Crippen molar-refractivity contribution in [2.45, 2.75) is 19.5 Å². The highest BCUT2D eigenvalue weighted by Gasteiger charge is 2.13. The van der Waals surface area contributed by atoms with Crippen molar-refractivity contribution in [2.75, 3.05) is 13.2 Å². The number of fused-ring (bicyclic) bond motifs is 1. The molecule has 0 saturated heterocycles. The maximum absolute atomic E-state index is 10.6. The van der Waals surface area contributed by atoms with Crippen LogP contribution in [0.1, 0.15) is 12.5 Å². The van der Waals surface area contributed by atoms with Crippen molar-refractivity contribution < 1.29 is 19.4 Å². The number of carboxylic acids is 1. The van der Waals surface area contributed by atoms with E-state index in [2.05, 4.69) is 5.32 Å². The van der Waals surface area contributed by atoms with Crippen LogP contribution in [0.2, 0.25) is 0 Å². The molecule has 1 aliphatic rings. The fourth-order valence-corrected chi connectivity index (χ4v) is 1.56. The molecule has 0 amide bonds. The van der Waals surface area contributed by atoms with Gasteiger partial charge in [-0.3, -0.25) is 4.79 Å². The zero-order chi connectivity index (χ0) is 12.3. The minimum Gasteiger partial charge on any atom is -0.486 e. The van der Waals surface area contributed by atoms with Crippen LogP contribution in [0, 0.1) is 0 Å². The van der Waals surface area contributed by atoms with Gasteiger partial charge in [-0.1, -0.05) is 6.07 Å². The normalized spacial score (nSPS) is 15.4. The molecule has 0 saturated carbocycles. The van der Waals surface area contributed by atoms with Gasteiger partial charge >= 0.3 is 5.97 Å². The van der Waals surface area contributed by atoms with Gasteiger partial charge in [0.2, 0.25) is 0 Å². The van der Waals surface area contributed by atoms with E-state index in [0.29, 0.717) is 19.8 Å². The van der Waals surface area contributed by atoms with Crippen LogP contribution in [0.4, 0.5) is 0 Å². The molecule has 1 aromatic rings. The number of hydrogen-bond acceptors (Lipinski definition) is 4. The average Bonchev–Trinajstić information content (AvgIpc) is 2.35. The number of benzene rings is 1. The van der Waals surface area contributed by atoms with Gasteiger partial charge in [0.15, 0.2) is 11.5 Å². The Morgan fingerprint density at radius 2 is 2.12 bits per heavy atom. The lowest BCUT2D eigenvalue weighted by Crippen LogP contribution is -2.33. The van der Waals surface area contributed by atoms with Crippen LogP contribution in [-0.4, -0.2) is 30.3 Å². The monoisotopic (exact) mass is 237 g/mol. The smallest absolute Gasteiger partial charge is 0.320 e.